The van der Waals surface area contributed by atoms with Gasteiger partial charge in [0.2, 0.25) is 5.78 Å². The second-order valence-electron chi connectivity index (χ2n) is 12.6. The van der Waals surface area contributed by atoms with Gasteiger partial charge in [-0.2, -0.15) is 0 Å². The van der Waals surface area contributed by atoms with Crippen molar-refractivity contribution in [3.05, 3.63) is 44.7 Å². The number of ketones is 2. The lowest BCUT2D eigenvalue weighted by Gasteiger charge is -2.50. The van der Waals surface area contributed by atoms with Crippen LogP contribution in [0.5, 0.6) is 5.75 Å². The number of rotatable bonds is 5. The van der Waals surface area contributed by atoms with Gasteiger partial charge in [-0.1, -0.05) is 18.0 Å². The van der Waals surface area contributed by atoms with Gasteiger partial charge in [0.15, 0.2) is 11.4 Å². The Labute approximate surface area is 243 Å². The van der Waals surface area contributed by atoms with Crippen LogP contribution in [0.2, 0.25) is 5.02 Å². The Balaban J connectivity index is 1.47. The van der Waals surface area contributed by atoms with E-state index in [4.69, 9.17) is 17.3 Å². The highest BCUT2D eigenvalue weighted by Crippen LogP contribution is 2.54. The molecule has 3 fully saturated rings. The van der Waals surface area contributed by atoms with Crippen molar-refractivity contribution in [3.8, 4) is 5.75 Å². The van der Waals surface area contributed by atoms with Crippen LogP contribution in [0.1, 0.15) is 61.3 Å². The molecule has 1 heterocycles. The predicted octanol–water partition coefficient (Wildman–Crippen LogP) is 2.55. The standard InChI is InChI=1S/C30H36ClN3O7/c1-33(2)24-17-10-14-9-16-21(25(36)20(14)27(38)30(17,41)28(39)22(26(24)37)29(32)40)19(35)11-15(23(16)31)18-5-3-4-8-34(18)12-13-6-7-13/h11,13-14,17-18,24,35-36,39,41H,3-10,12H2,1-2H3,(H2,32,40)/t14-,17-,18?,24-,30-/m0/s1. The van der Waals surface area contributed by atoms with Crippen molar-refractivity contribution < 1.29 is 34.8 Å². The number of nitrogens with zero attached hydrogens (tertiary/aromatic N) is 2. The number of piperidine rings is 1. The zero-order chi connectivity index (χ0) is 29.5. The van der Waals surface area contributed by atoms with E-state index in [0.29, 0.717) is 16.5 Å². The largest absolute Gasteiger partial charge is 0.508 e. The van der Waals surface area contributed by atoms with Gasteiger partial charge in [-0.25, -0.2) is 0 Å². The third kappa shape index (κ3) is 4.13. The Morgan fingerprint density at radius 3 is 2.51 bits per heavy atom. The molecule has 1 unspecified atom stereocenters. The average molecular weight is 586 g/mol. The summed E-state index contributed by atoms with van der Waals surface area (Å²) >= 11 is 7.06. The first kappa shape index (κ1) is 28.2. The number of likely N-dealkylation sites (tertiary alicyclic amines) is 1. The summed E-state index contributed by atoms with van der Waals surface area (Å²) in [5.41, 5.74) is 3.06. The lowest BCUT2D eigenvalue weighted by atomic mass is 9.57. The molecule has 0 radical (unpaired) electrons. The van der Waals surface area contributed by atoms with E-state index in [9.17, 15) is 34.8 Å². The molecule has 0 bridgehead atoms. The van der Waals surface area contributed by atoms with E-state index in [-0.39, 0.29) is 35.8 Å². The number of fused-ring (bicyclic) bond motifs is 3. The number of phenolic OH excluding ortho intramolecular Hbond substituents is 1. The number of hydrogen-bond donors (Lipinski definition) is 5. The Morgan fingerprint density at radius 2 is 1.88 bits per heavy atom. The van der Waals surface area contributed by atoms with Gasteiger partial charge in [0.05, 0.1) is 11.6 Å². The Bertz CT molecular complexity index is 1430. The van der Waals surface area contributed by atoms with Crippen molar-refractivity contribution in [1.29, 1.82) is 0 Å². The lowest BCUT2D eigenvalue weighted by Crippen LogP contribution is -2.65. The molecule has 0 aromatic heterocycles. The molecule has 220 valence electrons. The van der Waals surface area contributed by atoms with Crippen LogP contribution in [0.4, 0.5) is 0 Å². The molecule has 5 aliphatic rings. The number of Topliss-reactive ketones (excluding diaryl/α,β-unsaturated/α-hetero) is 2. The summed E-state index contributed by atoms with van der Waals surface area (Å²) in [5, 5.41) is 45.8. The summed E-state index contributed by atoms with van der Waals surface area (Å²) in [4.78, 5) is 43.3. The van der Waals surface area contributed by atoms with Crippen LogP contribution in [-0.4, -0.2) is 86.5 Å². The van der Waals surface area contributed by atoms with Crippen LogP contribution in [0.3, 0.4) is 0 Å². The molecule has 1 saturated heterocycles. The summed E-state index contributed by atoms with van der Waals surface area (Å²) in [6.45, 7) is 1.93. The van der Waals surface area contributed by atoms with Crippen LogP contribution >= 0.6 is 11.6 Å². The van der Waals surface area contributed by atoms with E-state index in [1.807, 2.05) is 0 Å². The van der Waals surface area contributed by atoms with Gasteiger partial charge in [-0.15, -0.1) is 0 Å². The molecule has 10 nitrogen and oxygen atoms in total. The van der Waals surface area contributed by atoms with E-state index in [0.717, 1.165) is 37.9 Å². The number of amides is 1. The summed E-state index contributed by atoms with van der Waals surface area (Å²) in [6, 6.07) is 0.478. The maximum Gasteiger partial charge on any atom is 0.255 e. The molecular formula is C30H36ClN3O7. The number of aliphatic hydroxyl groups is 3. The van der Waals surface area contributed by atoms with Crippen molar-refractivity contribution in [3.63, 3.8) is 0 Å². The fourth-order valence-electron chi connectivity index (χ4n) is 7.75. The summed E-state index contributed by atoms with van der Waals surface area (Å²) in [5.74, 6) is -5.99. The van der Waals surface area contributed by atoms with Gasteiger partial charge >= 0.3 is 0 Å². The van der Waals surface area contributed by atoms with Gasteiger partial charge in [0.1, 0.15) is 22.8 Å². The average Bonchev–Trinajstić information content (AvgIpc) is 3.72. The molecule has 6 rings (SSSR count). The highest BCUT2D eigenvalue weighted by Gasteiger charge is 2.64. The molecule has 6 N–H and O–H groups in total. The van der Waals surface area contributed by atoms with E-state index in [1.165, 1.54) is 17.7 Å². The first-order valence-electron chi connectivity index (χ1n) is 14.3. The summed E-state index contributed by atoms with van der Waals surface area (Å²) in [6.07, 6.45) is 5.70. The number of nitrogens with two attached hydrogens (primary N) is 1. The van der Waals surface area contributed by atoms with Gasteiger partial charge in [-0.05, 0) is 88.2 Å². The molecule has 0 spiro atoms. The Morgan fingerprint density at radius 1 is 1.17 bits per heavy atom. The topological polar surface area (TPSA) is 165 Å². The fourth-order valence-corrected chi connectivity index (χ4v) is 8.10. The van der Waals surface area contributed by atoms with Crippen LogP contribution in [0, 0.1) is 17.8 Å². The normalized spacial score (nSPS) is 32.2. The highest BCUT2D eigenvalue weighted by atomic mass is 35.5. The van der Waals surface area contributed by atoms with E-state index >= 15 is 0 Å². The van der Waals surface area contributed by atoms with E-state index in [1.54, 1.807) is 20.2 Å². The van der Waals surface area contributed by atoms with Gasteiger partial charge in [0, 0.05) is 29.1 Å². The number of halogens is 1. The number of primary amides is 1. The molecule has 5 atom stereocenters. The van der Waals surface area contributed by atoms with Crippen molar-refractivity contribution >= 4 is 34.8 Å². The molecule has 1 aromatic carbocycles. The minimum Gasteiger partial charge on any atom is -0.508 e. The minimum absolute atomic E-state index is 0.0274. The molecule has 1 aliphatic heterocycles. The SMILES string of the molecule is CN(C)[C@@H]1C(=O)C(C(N)=O)=C(O)[C@@]2(O)C(=O)C3=C(O)c4c(O)cc(C5CCCCN5CC5CC5)c(Cl)c4C[C@H]3C[C@@H]12. The molecule has 41 heavy (non-hydrogen) atoms. The predicted molar refractivity (Wildman–Crippen MR) is 150 cm³/mol. The zero-order valence-corrected chi connectivity index (χ0v) is 23.9. The molecule has 2 saturated carbocycles. The van der Waals surface area contributed by atoms with E-state index < -0.39 is 58.0 Å². The number of hydrogen-bond acceptors (Lipinski definition) is 9. The lowest BCUT2D eigenvalue weighted by molar-refractivity contribution is -0.153. The summed E-state index contributed by atoms with van der Waals surface area (Å²) < 4.78 is 0. The quantitative estimate of drug-likeness (QED) is 0.327. The number of phenols is 1. The van der Waals surface area contributed by atoms with Crippen molar-refractivity contribution in [1.82, 2.24) is 9.80 Å². The molecule has 1 amide bonds. The Hall–Kier alpha value is -2.92. The number of carbonyl (C=O) groups is 3. The fraction of sp³-hybridized carbons (Fsp3) is 0.567. The first-order valence-corrected chi connectivity index (χ1v) is 14.7. The second kappa shape index (κ2) is 9.83. The Kier molecular flexibility index (Phi) is 6.76. The van der Waals surface area contributed by atoms with Crippen LogP contribution in [0.25, 0.3) is 5.76 Å². The number of aliphatic hydroxyl groups excluding tert-OH is 2. The van der Waals surface area contributed by atoms with Crippen molar-refractivity contribution in [2.75, 3.05) is 27.2 Å². The van der Waals surface area contributed by atoms with Gasteiger partial charge < -0.3 is 26.2 Å². The number of likely N-dealkylation sites (N-methyl/N-ethyl adjacent to an activating group) is 1. The number of carbonyl (C=O) groups excluding carboxylic acids is 3. The first-order chi connectivity index (χ1) is 19.4. The number of aromatic hydroxyl groups is 1. The summed E-state index contributed by atoms with van der Waals surface area (Å²) in [7, 11) is 3.15. The van der Waals surface area contributed by atoms with Gasteiger partial charge in [0.25, 0.3) is 5.91 Å². The minimum atomic E-state index is -2.66. The third-order valence-electron chi connectivity index (χ3n) is 9.84. The molecule has 1 aromatic rings. The van der Waals surface area contributed by atoms with Crippen LogP contribution in [0.15, 0.2) is 23.0 Å². The zero-order valence-electron chi connectivity index (χ0n) is 23.2. The van der Waals surface area contributed by atoms with Crippen LogP contribution in [-0.2, 0) is 20.8 Å². The maximum atomic E-state index is 14.0. The third-order valence-corrected chi connectivity index (χ3v) is 10.3. The van der Waals surface area contributed by atoms with Crippen molar-refractivity contribution in [2.45, 2.75) is 62.6 Å². The molecular weight excluding hydrogens is 550 g/mol. The van der Waals surface area contributed by atoms with Crippen LogP contribution < -0.4 is 5.73 Å². The number of benzene rings is 1. The molecule has 11 heteroatoms. The van der Waals surface area contributed by atoms with Crippen molar-refractivity contribution in [2.24, 2.45) is 23.5 Å². The second-order valence-corrected chi connectivity index (χ2v) is 12.9. The monoisotopic (exact) mass is 585 g/mol. The smallest absolute Gasteiger partial charge is 0.255 e. The van der Waals surface area contributed by atoms with E-state index in [2.05, 4.69) is 4.90 Å². The highest BCUT2D eigenvalue weighted by molar-refractivity contribution is 6.33. The maximum absolute atomic E-state index is 14.0. The molecule has 4 aliphatic carbocycles. The van der Waals surface area contributed by atoms with Gasteiger partial charge in [-0.3, -0.25) is 24.2 Å².